The standard InChI is InChI=1S/C21H26N2O5S/c1-5-17-8-10-18(11-9-17)22-20(24)16(4)28-21(25)15(3)23-29(26,27)19-12-6-14(2)7-13-19/h6-13,15-16,23H,5H2,1-4H3,(H,22,24)/t15-,16+/m0/s1. The van der Waals surface area contributed by atoms with Crippen LogP contribution in [0, 0.1) is 6.92 Å². The molecule has 2 rings (SSSR count). The van der Waals surface area contributed by atoms with Crippen LogP contribution in [-0.2, 0) is 30.8 Å². The number of amides is 1. The fraction of sp³-hybridized carbons (Fsp3) is 0.333. The maximum atomic E-state index is 12.4. The van der Waals surface area contributed by atoms with Crippen LogP contribution >= 0.6 is 0 Å². The minimum Gasteiger partial charge on any atom is -0.451 e. The van der Waals surface area contributed by atoms with Gasteiger partial charge in [-0.05, 0) is 57.0 Å². The Labute approximate surface area is 171 Å². The summed E-state index contributed by atoms with van der Waals surface area (Å²) in [6.45, 7) is 6.66. The number of ether oxygens (including phenoxy) is 1. The van der Waals surface area contributed by atoms with Crippen LogP contribution in [0.2, 0.25) is 0 Å². The molecule has 0 bridgehead atoms. The van der Waals surface area contributed by atoms with Crippen LogP contribution < -0.4 is 10.0 Å². The zero-order valence-corrected chi connectivity index (χ0v) is 17.7. The van der Waals surface area contributed by atoms with Gasteiger partial charge >= 0.3 is 5.97 Å². The third-order valence-corrected chi connectivity index (χ3v) is 5.87. The zero-order valence-electron chi connectivity index (χ0n) is 16.9. The Morgan fingerprint density at radius 3 is 2.14 bits per heavy atom. The van der Waals surface area contributed by atoms with Gasteiger partial charge in [-0.15, -0.1) is 0 Å². The van der Waals surface area contributed by atoms with Crippen LogP contribution in [0.1, 0.15) is 31.9 Å². The van der Waals surface area contributed by atoms with Crippen molar-refractivity contribution in [2.45, 2.75) is 51.2 Å². The molecule has 0 saturated heterocycles. The van der Waals surface area contributed by atoms with Crippen LogP contribution in [-0.4, -0.2) is 32.4 Å². The Hall–Kier alpha value is -2.71. The maximum absolute atomic E-state index is 12.4. The van der Waals surface area contributed by atoms with Crippen molar-refractivity contribution in [3.8, 4) is 0 Å². The van der Waals surface area contributed by atoms with Gasteiger partial charge in [-0.3, -0.25) is 9.59 Å². The van der Waals surface area contributed by atoms with Crippen LogP contribution in [0.25, 0.3) is 0 Å². The molecule has 0 spiro atoms. The third-order valence-electron chi connectivity index (χ3n) is 4.31. The van der Waals surface area contributed by atoms with Gasteiger partial charge in [0, 0.05) is 5.69 Å². The van der Waals surface area contributed by atoms with E-state index < -0.39 is 34.0 Å². The molecule has 2 N–H and O–H groups in total. The lowest BCUT2D eigenvalue weighted by Crippen LogP contribution is -2.42. The highest BCUT2D eigenvalue weighted by molar-refractivity contribution is 7.89. The summed E-state index contributed by atoms with van der Waals surface area (Å²) >= 11 is 0. The summed E-state index contributed by atoms with van der Waals surface area (Å²) in [5, 5.41) is 2.66. The van der Waals surface area contributed by atoms with Crippen LogP contribution in [0.5, 0.6) is 0 Å². The molecule has 0 aliphatic rings. The highest BCUT2D eigenvalue weighted by Crippen LogP contribution is 2.13. The van der Waals surface area contributed by atoms with Gasteiger partial charge in [0.05, 0.1) is 4.90 Å². The number of carbonyl (C=O) groups excluding carboxylic acids is 2. The lowest BCUT2D eigenvalue weighted by molar-refractivity contribution is -0.154. The Bertz CT molecular complexity index is 954. The van der Waals surface area contributed by atoms with Gasteiger partial charge in [0.15, 0.2) is 6.10 Å². The normalized spacial score (nSPS) is 13.4. The van der Waals surface area contributed by atoms with E-state index in [0.717, 1.165) is 17.5 Å². The second-order valence-corrected chi connectivity index (χ2v) is 8.49. The van der Waals surface area contributed by atoms with Crippen LogP contribution in [0.4, 0.5) is 5.69 Å². The first-order valence-electron chi connectivity index (χ1n) is 9.31. The second-order valence-electron chi connectivity index (χ2n) is 6.77. The van der Waals surface area contributed by atoms with Crippen molar-refractivity contribution in [3.05, 3.63) is 59.7 Å². The molecule has 0 fully saturated rings. The molecule has 8 heteroatoms. The molecule has 0 unspecified atom stereocenters. The van der Waals surface area contributed by atoms with E-state index >= 15 is 0 Å². The topological polar surface area (TPSA) is 102 Å². The summed E-state index contributed by atoms with van der Waals surface area (Å²) in [7, 11) is -3.88. The summed E-state index contributed by atoms with van der Waals surface area (Å²) in [5.41, 5.74) is 2.64. The molecule has 0 radical (unpaired) electrons. The fourth-order valence-electron chi connectivity index (χ4n) is 2.46. The Morgan fingerprint density at radius 1 is 1.00 bits per heavy atom. The van der Waals surface area contributed by atoms with Crippen molar-refractivity contribution in [1.82, 2.24) is 4.72 Å². The number of nitrogens with one attached hydrogen (secondary N) is 2. The first-order chi connectivity index (χ1) is 13.6. The molecule has 0 heterocycles. The maximum Gasteiger partial charge on any atom is 0.324 e. The Balaban J connectivity index is 1.93. The summed E-state index contributed by atoms with van der Waals surface area (Å²) < 4.78 is 32.1. The average molecular weight is 419 g/mol. The van der Waals surface area contributed by atoms with Gasteiger partial charge in [-0.25, -0.2) is 8.42 Å². The molecular weight excluding hydrogens is 392 g/mol. The monoisotopic (exact) mass is 418 g/mol. The van der Waals surface area contributed by atoms with Crippen LogP contribution in [0.15, 0.2) is 53.4 Å². The van der Waals surface area contributed by atoms with E-state index in [2.05, 4.69) is 10.0 Å². The third kappa shape index (κ3) is 6.40. The van der Waals surface area contributed by atoms with Gasteiger partial charge in [0.2, 0.25) is 10.0 Å². The van der Waals surface area contributed by atoms with Gasteiger partial charge < -0.3 is 10.1 Å². The van der Waals surface area contributed by atoms with E-state index in [1.54, 1.807) is 24.3 Å². The first-order valence-corrected chi connectivity index (χ1v) is 10.8. The van der Waals surface area contributed by atoms with Gasteiger partial charge in [0.25, 0.3) is 5.91 Å². The van der Waals surface area contributed by atoms with Crippen molar-refractivity contribution in [2.75, 3.05) is 5.32 Å². The van der Waals surface area contributed by atoms with E-state index in [0.29, 0.717) is 5.69 Å². The molecule has 7 nitrogen and oxygen atoms in total. The minimum atomic E-state index is -3.88. The molecule has 2 aromatic rings. The molecular formula is C21H26N2O5S. The molecule has 0 saturated carbocycles. The zero-order chi connectivity index (χ0) is 21.6. The molecule has 29 heavy (non-hydrogen) atoms. The van der Waals surface area contributed by atoms with Gasteiger partial charge in [-0.2, -0.15) is 4.72 Å². The smallest absolute Gasteiger partial charge is 0.324 e. The van der Waals surface area contributed by atoms with Crippen molar-refractivity contribution in [1.29, 1.82) is 0 Å². The molecule has 0 aromatic heterocycles. The number of hydrogen-bond acceptors (Lipinski definition) is 5. The lowest BCUT2D eigenvalue weighted by Gasteiger charge is -2.18. The van der Waals surface area contributed by atoms with E-state index in [1.165, 1.54) is 26.0 Å². The number of rotatable bonds is 8. The quantitative estimate of drug-likeness (QED) is 0.642. The summed E-state index contributed by atoms with van der Waals surface area (Å²) in [6.07, 6.45) is -0.196. The van der Waals surface area contributed by atoms with Gasteiger partial charge in [0.1, 0.15) is 6.04 Å². The SMILES string of the molecule is CCc1ccc(NC(=O)[C@@H](C)OC(=O)[C@H](C)NS(=O)(=O)c2ccc(C)cc2)cc1. The van der Waals surface area contributed by atoms with Crippen molar-refractivity contribution in [2.24, 2.45) is 0 Å². The highest BCUT2D eigenvalue weighted by Gasteiger charge is 2.26. The number of benzene rings is 2. The van der Waals surface area contributed by atoms with E-state index in [-0.39, 0.29) is 4.90 Å². The number of aryl methyl sites for hydroxylation is 2. The Morgan fingerprint density at radius 2 is 1.59 bits per heavy atom. The van der Waals surface area contributed by atoms with E-state index in [1.807, 2.05) is 26.0 Å². The van der Waals surface area contributed by atoms with E-state index in [4.69, 9.17) is 4.74 Å². The molecule has 0 aliphatic carbocycles. The highest BCUT2D eigenvalue weighted by atomic mass is 32.2. The molecule has 1 amide bonds. The number of anilines is 1. The number of carbonyl (C=O) groups is 2. The molecule has 0 aliphatic heterocycles. The molecule has 156 valence electrons. The largest absolute Gasteiger partial charge is 0.451 e. The number of sulfonamides is 1. The van der Waals surface area contributed by atoms with Crippen molar-refractivity contribution >= 4 is 27.6 Å². The lowest BCUT2D eigenvalue weighted by atomic mass is 10.1. The van der Waals surface area contributed by atoms with Gasteiger partial charge in [-0.1, -0.05) is 36.8 Å². The molecule has 2 atom stereocenters. The van der Waals surface area contributed by atoms with Crippen LogP contribution in [0.3, 0.4) is 0 Å². The summed E-state index contributed by atoms with van der Waals surface area (Å²) in [4.78, 5) is 24.5. The summed E-state index contributed by atoms with van der Waals surface area (Å²) in [5.74, 6) is -1.35. The second kappa shape index (κ2) is 9.67. The number of esters is 1. The predicted molar refractivity (Wildman–Crippen MR) is 111 cm³/mol. The predicted octanol–water partition coefficient (Wildman–Crippen LogP) is 2.79. The molecule has 2 aromatic carbocycles. The fourth-order valence-corrected chi connectivity index (χ4v) is 3.66. The number of hydrogen-bond donors (Lipinski definition) is 2. The average Bonchev–Trinajstić information content (AvgIpc) is 2.68. The summed E-state index contributed by atoms with van der Waals surface area (Å²) in [6, 6.07) is 12.4. The van der Waals surface area contributed by atoms with Crippen molar-refractivity contribution in [3.63, 3.8) is 0 Å². The van der Waals surface area contributed by atoms with Crippen molar-refractivity contribution < 1.29 is 22.7 Å². The minimum absolute atomic E-state index is 0.0454. The first kappa shape index (κ1) is 22.6. The Kier molecular flexibility index (Phi) is 7.53. The van der Waals surface area contributed by atoms with E-state index in [9.17, 15) is 18.0 Å².